The fraction of sp³-hybridized carbons (Fsp3) is 0.0667. The number of rotatable bonds is 3. The first-order chi connectivity index (χ1) is 9.95. The molecule has 21 heavy (non-hydrogen) atoms. The second kappa shape index (κ2) is 6.16. The summed E-state index contributed by atoms with van der Waals surface area (Å²) in [5.41, 5.74) is 13.9. The lowest BCUT2D eigenvalue weighted by molar-refractivity contribution is -0.111. The van der Waals surface area contributed by atoms with Crippen molar-refractivity contribution >= 4 is 40.5 Å². The van der Waals surface area contributed by atoms with Crippen molar-refractivity contribution in [1.82, 2.24) is 0 Å². The summed E-state index contributed by atoms with van der Waals surface area (Å²) in [4.78, 5) is 15.3. The van der Waals surface area contributed by atoms with E-state index in [1.165, 1.54) is 7.05 Å². The van der Waals surface area contributed by atoms with E-state index in [1.54, 1.807) is 30.3 Å². The van der Waals surface area contributed by atoms with Crippen molar-refractivity contribution in [2.75, 3.05) is 12.8 Å². The van der Waals surface area contributed by atoms with Crippen molar-refractivity contribution in [3.63, 3.8) is 0 Å². The number of nitrogens with two attached hydrogens (primary N) is 2. The average molecular weight is 322 g/mol. The second-order valence-electron chi connectivity index (χ2n) is 4.33. The summed E-state index contributed by atoms with van der Waals surface area (Å²) in [7, 11) is 1.49. The van der Waals surface area contributed by atoms with E-state index in [9.17, 15) is 4.79 Å². The van der Waals surface area contributed by atoms with Gasteiger partial charge in [-0.2, -0.15) is 0 Å². The van der Waals surface area contributed by atoms with Gasteiger partial charge in [0, 0.05) is 39.5 Å². The van der Waals surface area contributed by atoms with Crippen LogP contribution in [-0.4, -0.2) is 18.7 Å². The monoisotopic (exact) mass is 321 g/mol. The highest BCUT2D eigenvalue weighted by Crippen LogP contribution is 2.35. The molecule has 0 aliphatic carbocycles. The Bertz CT molecular complexity index is 742. The third-order valence-electron chi connectivity index (χ3n) is 3.04. The van der Waals surface area contributed by atoms with Crippen LogP contribution in [-0.2, 0) is 4.79 Å². The fourth-order valence-corrected chi connectivity index (χ4v) is 2.59. The number of halogens is 2. The van der Waals surface area contributed by atoms with Gasteiger partial charge in [-0.25, -0.2) is 0 Å². The SMILES string of the molecule is CN=C(C(N)=O)c1cccc(-c2ccc(Cl)cc2Cl)c1N. The minimum atomic E-state index is -0.636. The van der Waals surface area contributed by atoms with Crippen molar-refractivity contribution in [2.24, 2.45) is 10.7 Å². The number of para-hydroxylation sites is 1. The lowest BCUT2D eigenvalue weighted by Crippen LogP contribution is -2.25. The Kier molecular flexibility index (Phi) is 4.50. The third kappa shape index (κ3) is 3.01. The number of nitrogens with zero attached hydrogens (tertiary/aromatic N) is 1. The van der Waals surface area contributed by atoms with E-state index < -0.39 is 5.91 Å². The Labute approximate surface area is 132 Å². The normalized spacial score (nSPS) is 11.5. The maximum atomic E-state index is 11.4. The molecule has 1 amide bonds. The molecule has 0 saturated heterocycles. The van der Waals surface area contributed by atoms with Crippen molar-refractivity contribution < 1.29 is 4.79 Å². The van der Waals surface area contributed by atoms with Gasteiger partial charge in [0.15, 0.2) is 0 Å². The van der Waals surface area contributed by atoms with E-state index in [1.807, 2.05) is 6.07 Å². The molecular formula is C15H13Cl2N3O. The predicted octanol–water partition coefficient (Wildman–Crippen LogP) is 3.15. The number of amides is 1. The van der Waals surface area contributed by atoms with E-state index in [4.69, 9.17) is 34.7 Å². The van der Waals surface area contributed by atoms with Gasteiger partial charge >= 0.3 is 0 Å². The van der Waals surface area contributed by atoms with Crippen LogP contribution in [0.2, 0.25) is 10.0 Å². The van der Waals surface area contributed by atoms with Gasteiger partial charge in [-0.15, -0.1) is 0 Å². The summed E-state index contributed by atoms with van der Waals surface area (Å²) in [6.07, 6.45) is 0. The van der Waals surface area contributed by atoms with Crippen LogP contribution in [0.4, 0.5) is 5.69 Å². The van der Waals surface area contributed by atoms with E-state index in [0.717, 1.165) is 5.56 Å². The highest BCUT2D eigenvalue weighted by Gasteiger charge is 2.16. The van der Waals surface area contributed by atoms with Gasteiger partial charge in [0.25, 0.3) is 5.91 Å². The zero-order valence-corrected chi connectivity index (χ0v) is 12.7. The zero-order chi connectivity index (χ0) is 15.6. The molecule has 0 aromatic heterocycles. The Morgan fingerprint density at radius 1 is 1.14 bits per heavy atom. The molecule has 0 radical (unpaired) electrons. The lowest BCUT2D eigenvalue weighted by atomic mass is 9.97. The Morgan fingerprint density at radius 3 is 2.43 bits per heavy atom. The summed E-state index contributed by atoms with van der Waals surface area (Å²) < 4.78 is 0. The molecule has 6 heteroatoms. The summed E-state index contributed by atoms with van der Waals surface area (Å²) in [6.45, 7) is 0. The highest BCUT2D eigenvalue weighted by molar-refractivity contribution is 6.46. The molecule has 0 spiro atoms. The van der Waals surface area contributed by atoms with Gasteiger partial charge in [-0.1, -0.05) is 47.5 Å². The number of nitrogen functional groups attached to an aromatic ring is 1. The minimum absolute atomic E-state index is 0.124. The van der Waals surface area contributed by atoms with E-state index in [2.05, 4.69) is 4.99 Å². The highest BCUT2D eigenvalue weighted by atomic mass is 35.5. The maximum Gasteiger partial charge on any atom is 0.267 e. The number of hydrogen-bond acceptors (Lipinski definition) is 3. The molecule has 108 valence electrons. The molecular weight excluding hydrogens is 309 g/mol. The Hall–Kier alpha value is -2.04. The average Bonchev–Trinajstić information content (AvgIpc) is 2.42. The smallest absolute Gasteiger partial charge is 0.267 e. The van der Waals surface area contributed by atoms with E-state index >= 15 is 0 Å². The third-order valence-corrected chi connectivity index (χ3v) is 3.59. The molecule has 2 aromatic carbocycles. The van der Waals surface area contributed by atoms with Crippen molar-refractivity contribution in [3.05, 3.63) is 52.0 Å². The quantitative estimate of drug-likeness (QED) is 0.672. The number of anilines is 1. The summed E-state index contributed by atoms with van der Waals surface area (Å²) in [6, 6.07) is 10.4. The number of aliphatic imine (C=N–C) groups is 1. The second-order valence-corrected chi connectivity index (χ2v) is 5.17. The summed E-state index contributed by atoms with van der Waals surface area (Å²) in [5.74, 6) is -0.636. The molecule has 0 saturated carbocycles. The van der Waals surface area contributed by atoms with Crippen molar-refractivity contribution in [3.8, 4) is 11.1 Å². The molecule has 0 unspecified atom stereocenters. The predicted molar refractivity (Wildman–Crippen MR) is 88.0 cm³/mol. The van der Waals surface area contributed by atoms with Gasteiger partial charge in [0.05, 0.1) is 0 Å². The summed E-state index contributed by atoms with van der Waals surface area (Å²) >= 11 is 12.1. The molecule has 2 aromatic rings. The van der Waals surface area contributed by atoms with Crippen LogP contribution in [0.25, 0.3) is 11.1 Å². The first-order valence-corrected chi connectivity index (χ1v) is 6.82. The molecule has 4 N–H and O–H groups in total. The van der Waals surface area contributed by atoms with Crippen LogP contribution in [0.15, 0.2) is 41.4 Å². The standard InChI is InChI=1S/C15H13Cl2N3O/c1-20-14(15(19)21)11-4-2-3-10(13(11)18)9-6-5-8(16)7-12(9)17/h2-7H,18H2,1H3,(H2,19,21). The maximum absolute atomic E-state index is 11.4. The van der Waals surface area contributed by atoms with Crippen LogP contribution < -0.4 is 11.5 Å². The zero-order valence-electron chi connectivity index (χ0n) is 11.2. The largest absolute Gasteiger partial charge is 0.398 e. The first-order valence-electron chi connectivity index (χ1n) is 6.06. The number of primary amides is 1. The van der Waals surface area contributed by atoms with Crippen LogP contribution in [0.5, 0.6) is 0 Å². The van der Waals surface area contributed by atoms with Gasteiger partial charge in [0.2, 0.25) is 0 Å². The fourth-order valence-electron chi connectivity index (χ4n) is 2.08. The number of carbonyl (C=O) groups is 1. The van der Waals surface area contributed by atoms with Crippen LogP contribution in [0.1, 0.15) is 5.56 Å². The van der Waals surface area contributed by atoms with E-state index in [0.29, 0.717) is 26.9 Å². The van der Waals surface area contributed by atoms with Gasteiger partial charge < -0.3 is 11.5 Å². The molecule has 0 atom stereocenters. The van der Waals surface area contributed by atoms with Crippen molar-refractivity contribution in [2.45, 2.75) is 0 Å². The topological polar surface area (TPSA) is 81.5 Å². The molecule has 0 fully saturated rings. The minimum Gasteiger partial charge on any atom is -0.398 e. The van der Waals surface area contributed by atoms with Gasteiger partial charge in [-0.3, -0.25) is 9.79 Å². The molecule has 4 nitrogen and oxygen atoms in total. The number of benzene rings is 2. The Balaban J connectivity index is 2.65. The number of carbonyl (C=O) groups excluding carboxylic acids is 1. The van der Waals surface area contributed by atoms with Crippen LogP contribution >= 0.6 is 23.2 Å². The van der Waals surface area contributed by atoms with E-state index in [-0.39, 0.29) is 5.71 Å². The lowest BCUT2D eigenvalue weighted by Gasteiger charge is -2.12. The first kappa shape index (κ1) is 15.4. The number of hydrogen-bond donors (Lipinski definition) is 2. The summed E-state index contributed by atoms with van der Waals surface area (Å²) in [5, 5.41) is 1.01. The molecule has 0 aliphatic rings. The van der Waals surface area contributed by atoms with Crippen LogP contribution in [0.3, 0.4) is 0 Å². The van der Waals surface area contributed by atoms with Crippen molar-refractivity contribution in [1.29, 1.82) is 0 Å². The molecule has 0 aliphatic heterocycles. The molecule has 2 rings (SSSR count). The van der Waals surface area contributed by atoms with Gasteiger partial charge in [0.1, 0.15) is 5.71 Å². The molecule has 0 bridgehead atoms. The van der Waals surface area contributed by atoms with Gasteiger partial charge in [-0.05, 0) is 12.1 Å². The molecule has 0 heterocycles. The Morgan fingerprint density at radius 2 is 1.86 bits per heavy atom. The van der Waals surface area contributed by atoms with Crippen LogP contribution in [0, 0.1) is 0 Å².